The minimum atomic E-state index is -5.70. The highest BCUT2D eigenvalue weighted by molar-refractivity contribution is 7.99. The van der Waals surface area contributed by atoms with E-state index in [1.54, 1.807) is 4.72 Å². The molecule has 0 fully saturated rings. The Bertz CT molecular complexity index is 310. The van der Waals surface area contributed by atoms with Crippen molar-refractivity contribution in [2.45, 2.75) is 51.1 Å². The van der Waals surface area contributed by atoms with Gasteiger partial charge in [0.05, 0.1) is 6.10 Å². The average Bonchev–Trinajstić information content (AvgIpc) is 2.29. The molecule has 0 saturated heterocycles. The van der Waals surface area contributed by atoms with Gasteiger partial charge in [0.2, 0.25) is 5.91 Å². The second kappa shape index (κ2) is 8.02. The number of ether oxygens (including phenoxy) is 1. The molecule has 0 aromatic heterocycles. The van der Waals surface area contributed by atoms with Crippen molar-refractivity contribution in [1.82, 2.24) is 4.72 Å². The van der Waals surface area contributed by atoms with E-state index in [0.29, 0.717) is 19.4 Å². The average molecular weight is 323 g/mol. The Kier molecular flexibility index (Phi) is 7.79. The Morgan fingerprint density at radius 2 is 1.75 bits per heavy atom. The molecule has 1 amide bonds. The lowest BCUT2D eigenvalue weighted by molar-refractivity contribution is -0.237. The van der Waals surface area contributed by atoms with Gasteiger partial charge in [0.1, 0.15) is 0 Å². The summed E-state index contributed by atoms with van der Waals surface area (Å²) in [5.74, 6) is -1.52. The number of hydrogen-bond donors (Lipinski definition) is 1. The third-order valence-corrected chi connectivity index (χ3v) is 3.08. The monoisotopic (exact) mass is 323 g/mol. The molecule has 1 unspecified atom stereocenters. The highest BCUT2D eigenvalue weighted by Crippen LogP contribution is 2.42. The molecule has 0 aromatic rings. The van der Waals surface area contributed by atoms with Crippen LogP contribution in [-0.4, -0.2) is 30.0 Å². The first-order chi connectivity index (χ1) is 8.97. The van der Waals surface area contributed by atoms with Gasteiger partial charge in [0, 0.05) is 24.5 Å². The molecule has 0 aliphatic heterocycles. The molecule has 0 aliphatic rings. The van der Waals surface area contributed by atoms with Gasteiger partial charge in [0.15, 0.2) is 0 Å². The largest absolute Gasteiger partial charge is 0.465 e. The Morgan fingerprint density at radius 1 is 1.20 bits per heavy atom. The van der Waals surface area contributed by atoms with Crippen molar-refractivity contribution >= 4 is 17.9 Å². The van der Waals surface area contributed by atoms with Crippen LogP contribution in [0, 0.1) is 5.92 Å². The summed E-state index contributed by atoms with van der Waals surface area (Å²) in [6.07, 6.45) is -4.79. The lowest BCUT2D eigenvalue weighted by Crippen LogP contribution is -2.38. The Labute approximate surface area is 118 Å². The van der Waals surface area contributed by atoms with Gasteiger partial charge in [-0.15, -0.1) is 0 Å². The summed E-state index contributed by atoms with van der Waals surface area (Å²) in [4.78, 5) is 11.4. The zero-order valence-electron chi connectivity index (χ0n) is 11.4. The first-order valence-corrected chi connectivity index (χ1v) is 6.83. The van der Waals surface area contributed by atoms with Gasteiger partial charge in [-0.1, -0.05) is 6.92 Å². The predicted molar refractivity (Wildman–Crippen MR) is 66.2 cm³/mol. The molecule has 9 heteroatoms. The van der Waals surface area contributed by atoms with E-state index < -0.39 is 35.2 Å². The van der Waals surface area contributed by atoms with Gasteiger partial charge >= 0.3 is 11.4 Å². The number of hydrogen-bond acceptors (Lipinski definition) is 3. The van der Waals surface area contributed by atoms with E-state index in [-0.39, 0.29) is 6.10 Å². The minimum absolute atomic E-state index is 0.0418. The van der Waals surface area contributed by atoms with E-state index in [0.717, 1.165) is 0 Å². The molecule has 1 atom stereocenters. The molecule has 0 bridgehead atoms. The molecule has 0 rings (SSSR count). The summed E-state index contributed by atoms with van der Waals surface area (Å²) in [7, 11) is 0. The molecule has 0 heterocycles. The second-order valence-corrected chi connectivity index (χ2v) is 5.47. The third kappa shape index (κ3) is 7.28. The Balaban J connectivity index is 4.03. The zero-order chi connectivity index (χ0) is 16.0. The Morgan fingerprint density at radius 3 is 2.20 bits per heavy atom. The van der Waals surface area contributed by atoms with Crippen molar-refractivity contribution in [3.63, 3.8) is 0 Å². The second-order valence-electron chi connectivity index (χ2n) is 4.55. The fourth-order valence-electron chi connectivity index (χ4n) is 1.11. The van der Waals surface area contributed by atoms with E-state index in [2.05, 4.69) is 0 Å². The van der Waals surface area contributed by atoms with E-state index >= 15 is 0 Å². The molecule has 0 aliphatic carbocycles. The third-order valence-electron chi connectivity index (χ3n) is 2.29. The molecular formula is C11H18F5NO2S. The van der Waals surface area contributed by atoms with Crippen LogP contribution < -0.4 is 4.72 Å². The van der Waals surface area contributed by atoms with Crippen LogP contribution in [-0.2, 0) is 9.53 Å². The van der Waals surface area contributed by atoms with Gasteiger partial charge in [0.25, 0.3) is 0 Å². The maximum Gasteiger partial charge on any atom is 0.465 e. The van der Waals surface area contributed by atoms with Crippen LogP contribution in [0.4, 0.5) is 22.0 Å². The van der Waals surface area contributed by atoms with Gasteiger partial charge in [-0.05, 0) is 26.7 Å². The first kappa shape index (κ1) is 19.4. The summed E-state index contributed by atoms with van der Waals surface area (Å²) < 4.78 is 67.5. The SMILES string of the molecule is CC(C)OCCCC(C)C(=O)NSC(F)(F)C(F)(F)F. The standard InChI is InChI=1S/C11H18F5NO2S/c1-7(2)19-6-4-5-8(3)9(18)17-20-11(15,16)10(12,13)14/h7-8H,4-6H2,1-3H3,(H,17,18). The molecule has 1 N–H and O–H groups in total. The van der Waals surface area contributed by atoms with Gasteiger partial charge in [-0.3, -0.25) is 9.52 Å². The fraction of sp³-hybridized carbons (Fsp3) is 0.909. The van der Waals surface area contributed by atoms with Crippen LogP contribution in [0.2, 0.25) is 0 Å². The van der Waals surface area contributed by atoms with Crippen molar-refractivity contribution in [1.29, 1.82) is 0 Å². The normalized spacial score (nSPS) is 14.4. The lowest BCUT2D eigenvalue weighted by Gasteiger charge is -2.19. The molecule has 0 saturated carbocycles. The van der Waals surface area contributed by atoms with Crippen LogP contribution in [0.15, 0.2) is 0 Å². The van der Waals surface area contributed by atoms with Crippen molar-refractivity contribution in [3.8, 4) is 0 Å². The summed E-state index contributed by atoms with van der Waals surface area (Å²) in [6, 6.07) is 0. The molecule has 120 valence electrons. The van der Waals surface area contributed by atoms with Crippen LogP contribution in [0.1, 0.15) is 33.6 Å². The molecular weight excluding hydrogens is 305 g/mol. The van der Waals surface area contributed by atoms with E-state index in [1.807, 2.05) is 13.8 Å². The molecule has 20 heavy (non-hydrogen) atoms. The fourth-order valence-corrected chi connectivity index (χ4v) is 1.66. The number of amides is 1. The summed E-state index contributed by atoms with van der Waals surface area (Å²) in [5, 5.41) is -5.00. The summed E-state index contributed by atoms with van der Waals surface area (Å²) in [5.41, 5.74) is 0. The first-order valence-electron chi connectivity index (χ1n) is 6.01. The maximum atomic E-state index is 12.6. The topological polar surface area (TPSA) is 38.3 Å². The van der Waals surface area contributed by atoms with Gasteiger partial charge in [-0.25, -0.2) is 0 Å². The summed E-state index contributed by atoms with van der Waals surface area (Å²) in [6.45, 7) is 5.54. The van der Waals surface area contributed by atoms with E-state index in [4.69, 9.17) is 4.74 Å². The zero-order valence-corrected chi connectivity index (χ0v) is 12.2. The van der Waals surface area contributed by atoms with Crippen LogP contribution >= 0.6 is 11.9 Å². The number of carbonyl (C=O) groups is 1. The number of halogens is 5. The number of rotatable bonds is 8. The van der Waals surface area contributed by atoms with Crippen LogP contribution in [0.25, 0.3) is 0 Å². The quantitative estimate of drug-likeness (QED) is 0.420. The van der Waals surface area contributed by atoms with Crippen molar-refractivity contribution in [3.05, 3.63) is 0 Å². The number of alkyl halides is 5. The highest BCUT2D eigenvalue weighted by Gasteiger charge is 2.59. The van der Waals surface area contributed by atoms with Crippen molar-refractivity contribution in [2.24, 2.45) is 5.92 Å². The smallest absolute Gasteiger partial charge is 0.379 e. The van der Waals surface area contributed by atoms with Gasteiger partial charge < -0.3 is 4.74 Å². The number of carbonyl (C=O) groups excluding carboxylic acids is 1. The van der Waals surface area contributed by atoms with Crippen LogP contribution in [0.3, 0.4) is 0 Å². The molecule has 0 aromatic carbocycles. The van der Waals surface area contributed by atoms with E-state index in [1.165, 1.54) is 6.92 Å². The highest BCUT2D eigenvalue weighted by atomic mass is 32.2. The minimum Gasteiger partial charge on any atom is -0.379 e. The summed E-state index contributed by atoms with van der Waals surface area (Å²) >= 11 is -0.923. The molecule has 3 nitrogen and oxygen atoms in total. The molecule has 0 spiro atoms. The van der Waals surface area contributed by atoms with Crippen molar-refractivity contribution < 1.29 is 31.5 Å². The molecule has 0 radical (unpaired) electrons. The van der Waals surface area contributed by atoms with Crippen molar-refractivity contribution in [2.75, 3.05) is 6.61 Å². The van der Waals surface area contributed by atoms with E-state index in [9.17, 15) is 26.7 Å². The number of nitrogens with one attached hydrogen (secondary N) is 1. The maximum absolute atomic E-state index is 12.6. The van der Waals surface area contributed by atoms with Gasteiger partial charge in [-0.2, -0.15) is 22.0 Å². The van der Waals surface area contributed by atoms with Crippen LogP contribution in [0.5, 0.6) is 0 Å². The predicted octanol–water partition coefficient (Wildman–Crippen LogP) is 3.75. The Hall–Kier alpha value is -0.570. The lowest BCUT2D eigenvalue weighted by atomic mass is 10.1.